The molecule has 0 saturated heterocycles. The van der Waals surface area contributed by atoms with Gasteiger partial charge < -0.3 is 14.2 Å². The molecular formula is C20H23NO5S. The Kier molecular flexibility index (Phi) is 4.52. The molecule has 4 rings (SSSR count). The summed E-state index contributed by atoms with van der Waals surface area (Å²) in [5, 5.41) is 0. The first-order valence-corrected chi connectivity index (χ1v) is 10.6. The molecule has 1 fully saturated rings. The minimum atomic E-state index is -3.65. The lowest BCUT2D eigenvalue weighted by atomic mass is 10.1. The van der Waals surface area contributed by atoms with Crippen LogP contribution in [-0.2, 0) is 15.6 Å². The quantitative estimate of drug-likeness (QED) is 0.821. The highest BCUT2D eigenvalue weighted by Crippen LogP contribution is 2.48. The molecule has 0 unspecified atom stereocenters. The molecule has 0 spiro atoms. The Labute approximate surface area is 159 Å². The van der Waals surface area contributed by atoms with Crippen LogP contribution in [-0.4, -0.2) is 27.7 Å². The van der Waals surface area contributed by atoms with Gasteiger partial charge in [-0.25, -0.2) is 13.1 Å². The molecule has 0 amide bonds. The standard InChI is InChI=1S/C20H23NO5S/c1-14(2)26-16-4-6-17(7-5-16)27(22,23)21-20(9-10-20)15-3-8-18-19(13-15)25-12-11-24-18/h3-8,13-14,21H,9-12H2,1-2H3. The van der Waals surface area contributed by atoms with Gasteiger partial charge in [0.1, 0.15) is 19.0 Å². The smallest absolute Gasteiger partial charge is 0.241 e. The van der Waals surface area contributed by atoms with E-state index in [2.05, 4.69) is 4.72 Å². The van der Waals surface area contributed by atoms with Crippen LogP contribution in [0.2, 0.25) is 0 Å². The van der Waals surface area contributed by atoms with Crippen LogP contribution in [0.25, 0.3) is 0 Å². The summed E-state index contributed by atoms with van der Waals surface area (Å²) in [5.41, 5.74) is 0.317. The number of fused-ring (bicyclic) bond motifs is 1. The van der Waals surface area contributed by atoms with Crippen molar-refractivity contribution in [2.75, 3.05) is 13.2 Å². The van der Waals surface area contributed by atoms with Crippen LogP contribution < -0.4 is 18.9 Å². The number of hydrogen-bond acceptors (Lipinski definition) is 5. The molecule has 1 saturated carbocycles. The zero-order chi connectivity index (χ0) is 19.1. The Morgan fingerprint density at radius 2 is 1.67 bits per heavy atom. The third kappa shape index (κ3) is 3.75. The molecule has 144 valence electrons. The van der Waals surface area contributed by atoms with E-state index >= 15 is 0 Å². The van der Waals surface area contributed by atoms with E-state index in [0.717, 1.165) is 18.4 Å². The molecule has 1 N–H and O–H groups in total. The summed E-state index contributed by atoms with van der Waals surface area (Å²) >= 11 is 0. The van der Waals surface area contributed by atoms with Crippen LogP contribution in [0.1, 0.15) is 32.3 Å². The first-order valence-electron chi connectivity index (χ1n) is 9.09. The molecule has 1 aliphatic heterocycles. The largest absolute Gasteiger partial charge is 0.491 e. The summed E-state index contributed by atoms with van der Waals surface area (Å²) in [6.07, 6.45) is 1.54. The van der Waals surface area contributed by atoms with Crippen molar-refractivity contribution in [1.29, 1.82) is 0 Å². The Balaban J connectivity index is 1.55. The van der Waals surface area contributed by atoms with Crippen molar-refractivity contribution < 1.29 is 22.6 Å². The lowest BCUT2D eigenvalue weighted by Gasteiger charge is -2.22. The minimum Gasteiger partial charge on any atom is -0.491 e. The molecule has 2 aromatic carbocycles. The second kappa shape index (κ2) is 6.73. The van der Waals surface area contributed by atoms with E-state index < -0.39 is 15.6 Å². The maximum Gasteiger partial charge on any atom is 0.241 e. The number of hydrogen-bond donors (Lipinski definition) is 1. The highest BCUT2D eigenvalue weighted by molar-refractivity contribution is 7.89. The zero-order valence-electron chi connectivity index (χ0n) is 15.4. The van der Waals surface area contributed by atoms with Gasteiger partial charge in [0.25, 0.3) is 0 Å². The predicted octanol–water partition coefficient (Wildman–Crippen LogP) is 3.21. The number of ether oxygens (including phenoxy) is 3. The van der Waals surface area contributed by atoms with Gasteiger partial charge in [0, 0.05) is 0 Å². The fourth-order valence-corrected chi connectivity index (χ4v) is 4.65. The summed E-state index contributed by atoms with van der Waals surface area (Å²) in [6.45, 7) is 4.88. The fraction of sp³-hybridized carbons (Fsp3) is 0.400. The molecule has 6 nitrogen and oxygen atoms in total. The van der Waals surface area contributed by atoms with Crippen LogP contribution in [0, 0.1) is 0 Å². The van der Waals surface area contributed by atoms with E-state index in [9.17, 15) is 8.42 Å². The van der Waals surface area contributed by atoms with E-state index in [1.807, 2.05) is 32.0 Å². The van der Waals surface area contributed by atoms with Crippen molar-refractivity contribution in [2.24, 2.45) is 0 Å². The lowest BCUT2D eigenvalue weighted by molar-refractivity contribution is 0.171. The van der Waals surface area contributed by atoms with Gasteiger partial charge in [0.2, 0.25) is 10.0 Å². The third-order valence-electron chi connectivity index (χ3n) is 4.68. The zero-order valence-corrected chi connectivity index (χ0v) is 16.2. The molecule has 0 radical (unpaired) electrons. The second-order valence-corrected chi connectivity index (χ2v) is 8.87. The topological polar surface area (TPSA) is 73.9 Å². The number of sulfonamides is 1. The van der Waals surface area contributed by atoms with Crippen molar-refractivity contribution >= 4 is 10.0 Å². The SMILES string of the molecule is CC(C)Oc1ccc(S(=O)(=O)NC2(c3ccc4c(c3)OCCO4)CC2)cc1. The Hall–Kier alpha value is -2.25. The normalized spacial score (nSPS) is 17.6. The maximum absolute atomic E-state index is 12.9. The van der Waals surface area contributed by atoms with E-state index in [0.29, 0.717) is 30.5 Å². The van der Waals surface area contributed by atoms with Crippen molar-refractivity contribution in [3.8, 4) is 17.2 Å². The third-order valence-corrected chi connectivity index (χ3v) is 6.23. The first kappa shape index (κ1) is 18.1. The van der Waals surface area contributed by atoms with Crippen molar-refractivity contribution in [3.05, 3.63) is 48.0 Å². The Morgan fingerprint density at radius 1 is 1.00 bits per heavy atom. The van der Waals surface area contributed by atoms with Gasteiger partial charge in [-0.2, -0.15) is 0 Å². The van der Waals surface area contributed by atoms with Crippen molar-refractivity contribution in [2.45, 2.75) is 43.2 Å². The molecular weight excluding hydrogens is 366 g/mol. The van der Waals surface area contributed by atoms with Crippen LogP contribution in [0.5, 0.6) is 17.2 Å². The minimum absolute atomic E-state index is 0.0375. The van der Waals surface area contributed by atoms with Crippen LogP contribution >= 0.6 is 0 Å². The number of rotatable bonds is 6. The highest BCUT2D eigenvalue weighted by Gasteiger charge is 2.48. The van der Waals surface area contributed by atoms with Crippen LogP contribution in [0.3, 0.4) is 0 Å². The van der Waals surface area contributed by atoms with Gasteiger partial charge in [0.05, 0.1) is 16.5 Å². The van der Waals surface area contributed by atoms with Crippen LogP contribution in [0.4, 0.5) is 0 Å². The van der Waals surface area contributed by atoms with Gasteiger partial charge in [-0.15, -0.1) is 0 Å². The predicted molar refractivity (Wildman–Crippen MR) is 101 cm³/mol. The summed E-state index contributed by atoms with van der Waals surface area (Å²) < 4.78 is 45.4. The average molecular weight is 389 g/mol. The lowest BCUT2D eigenvalue weighted by Crippen LogP contribution is -2.35. The van der Waals surface area contributed by atoms with Crippen molar-refractivity contribution in [3.63, 3.8) is 0 Å². The van der Waals surface area contributed by atoms with Gasteiger partial charge in [-0.3, -0.25) is 0 Å². The average Bonchev–Trinajstić information content (AvgIpc) is 3.41. The van der Waals surface area contributed by atoms with E-state index in [-0.39, 0.29) is 11.0 Å². The monoisotopic (exact) mass is 389 g/mol. The summed E-state index contributed by atoms with van der Waals surface area (Å²) in [5.74, 6) is 2.01. The molecule has 7 heteroatoms. The maximum atomic E-state index is 12.9. The van der Waals surface area contributed by atoms with E-state index in [4.69, 9.17) is 14.2 Å². The molecule has 2 aliphatic rings. The Morgan fingerprint density at radius 3 is 2.30 bits per heavy atom. The molecule has 2 aromatic rings. The number of nitrogens with one attached hydrogen (secondary N) is 1. The first-order chi connectivity index (χ1) is 12.9. The van der Waals surface area contributed by atoms with Gasteiger partial charge in [-0.1, -0.05) is 6.07 Å². The second-order valence-electron chi connectivity index (χ2n) is 7.18. The molecule has 1 aliphatic carbocycles. The molecule has 0 atom stereocenters. The molecule has 0 aromatic heterocycles. The van der Waals surface area contributed by atoms with E-state index in [1.165, 1.54) is 0 Å². The molecule has 0 bridgehead atoms. The van der Waals surface area contributed by atoms with Gasteiger partial charge in [0.15, 0.2) is 11.5 Å². The summed E-state index contributed by atoms with van der Waals surface area (Å²) in [6, 6.07) is 12.1. The Bertz CT molecular complexity index is 933. The summed E-state index contributed by atoms with van der Waals surface area (Å²) in [7, 11) is -3.65. The molecule has 1 heterocycles. The van der Waals surface area contributed by atoms with Gasteiger partial charge >= 0.3 is 0 Å². The van der Waals surface area contributed by atoms with Crippen LogP contribution in [0.15, 0.2) is 47.4 Å². The summed E-state index contributed by atoms with van der Waals surface area (Å²) in [4.78, 5) is 0.224. The number of benzene rings is 2. The molecule has 27 heavy (non-hydrogen) atoms. The van der Waals surface area contributed by atoms with E-state index in [1.54, 1.807) is 24.3 Å². The van der Waals surface area contributed by atoms with Crippen molar-refractivity contribution in [1.82, 2.24) is 4.72 Å². The highest BCUT2D eigenvalue weighted by atomic mass is 32.2. The van der Waals surface area contributed by atoms with Gasteiger partial charge in [-0.05, 0) is 68.7 Å². The fourth-order valence-electron chi connectivity index (χ4n) is 3.20.